The van der Waals surface area contributed by atoms with Crippen molar-refractivity contribution in [3.8, 4) is 0 Å². The zero-order valence-electron chi connectivity index (χ0n) is 2.12. The molecule has 7 heavy (non-hydrogen) atoms. The fraction of sp³-hybridized carbons (Fsp3) is 0. The molecule has 3 nitrogen and oxygen atoms in total. The minimum atomic E-state index is -3.97. The summed E-state index contributed by atoms with van der Waals surface area (Å²) < 4.78 is 25.5. The van der Waals surface area contributed by atoms with Gasteiger partial charge in [0.15, 0.2) is 0 Å². The van der Waals surface area contributed by atoms with E-state index in [0.717, 1.165) is 0 Å². The summed E-state index contributed by atoms with van der Waals surface area (Å²) in [6.45, 7) is 0. The Morgan fingerprint density at radius 1 is 1.43 bits per heavy atom. The van der Waals surface area contributed by atoms with Crippen molar-refractivity contribution in [1.82, 2.24) is 0 Å². The molecular weight excluding hydrogens is 174 g/mol. The molecular formula is H4KNaO3S2. The third kappa shape index (κ3) is 50.4. The second kappa shape index (κ2) is 7.01. The normalized spacial score (nSPS) is 8.29. The molecule has 0 aliphatic heterocycles. The Balaban J connectivity index is -0.0000000800. The van der Waals surface area contributed by atoms with Crippen LogP contribution in [0.3, 0.4) is 0 Å². The van der Waals surface area contributed by atoms with Crippen LogP contribution in [-0.2, 0) is 9.15 Å². The van der Waals surface area contributed by atoms with Crippen LogP contribution in [0, 0.1) is 0 Å². The van der Waals surface area contributed by atoms with Gasteiger partial charge in [-0.2, -0.15) is 8.42 Å². The average Bonchev–Trinajstić information content (AvgIpc) is 0.722. The molecule has 0 atom stereocenters. The summed E-state index contributed by atoms with van der Waals surface area (Å²) in [6.07, 6.45) is 0. The van der Waals surface area contributed by atoms with Crippen LogP contribution in [0.2, 0.25) is 0 Å². The molecule has 0 aliphatic rings. The second-order valence-electron chi connectivity index (χ2n) is 0.448. The van der Waals surface area contributed by atoms with E-state index >= 15 is 0 Å². The molecule has 7 heteroatoms. The maximum atomic E-state index is 9.05. The number of hydrogen-bond acceptors (Lipinski definition) is 2. The molecule has 0 heterocycles. The van der Waals surface area contributed by atoms with Gasteiger partial charge in [0.25, 0.3) is 0 Å². The van der Waals surface area contributed by atoms with E-state index in [9.17, 15) is 0 Å². The molecule has 0 saturated carbocycles. The molecule has 0 saturated heterocycles. The van der Waals surface area contributed by atoms with Crippen LogP contribution < -0.4 is 0 Å². The molecule has 0 aromatic heterocycles. The zero-order valence-corrected chi connectivity index (χ0v) is 3.83. The summed E-state index contributed by atoms with van der Waals surface area (Å²) in [5, 5.41) is 0. The first-order valence-corrected chi connectivity index (χ1v) is 3.19. The number of thiol groups is 1. The first-order valence-electron chi connectivity index (χ1n) is 0.698. The molecule has 0 radical (unpaired) electrons. The standard InChI is InChI=1S/K.Na.H2O3S2.2H/c;;1-5(2,3)4;;/h;;(H2,1,2,3,4);;. The molecule has 0 aromatic carbocycles. The monoisotopic (exact) mass is 178 g/mol. The van der Waals surface area contributed by atoms with Gasteiger partial charge in [0.05, 0.1) is 0 Å². The summed E-state index contributed by atoms with van der Waals surface area (Å²) in [5.41, 5.74) is 0. The van der Waals surface area contributed by atoms with Crippen LogP contribution in [0.1, 0.15) is 0 Å². The Bertz CT molecular complexity index is 96.1. The predicted octanol–water partition coefficient (Wildman–Crippen LogP) is -1.58. The third-order valence-electron chi connectivity index (χ3n) is 0. The van der Waals surface area contributed by atoms with Crippen molar-refractivity contribution >= 4 is 102 Å². The van der Waals surface area contributed by atoms with E-state index in [2.05, 4.69) is 11.7 Å². The molecule has 0 amide bonds. The quantitative estimate of drug-likeness (QED) is 0.204. The molecule has 0 spiro atoms. The van der Waals surface area contributed by atoms with Crippen LogP contribution in [0.15, 0.2) is 0 Å². The Morgan fingerprint density at radius 2 is 1.43 bits per heavy atom. The van der Waals surface area contributed by atoms with Gasteiger partial charge < -0.3 is 0 Å². The van der Waals surface area contributed by atoms with Crippen molar-refractivity contribution in [3.05, 3.63) is 0 Å². The zero-order chi connectivity index (χ0) is 4.50. The van der Waals surface area contributed by atoms with E-state index in [-0.39, 0.29) is 80.9 Å². The summed E-state index contributed by atoms with van der Waals surface area (Å²) >= 11 is 2.65. The van der Waals surface area contributed by atoms with Crippen molar-refractivity contribution < 1.29 is 13.0 Å². The molecule has 0 unspecified atom stereocenters. The Morgan fingerprint density at radius 3 is 1.43 bits per heavy atom. The van der Waals surface area contributed by atoms with E-state index in [0.29, 0.717) is 0 Å². The molecule has 36 valence electrons. The predicted molar refractivity (Wildman–Crippen MR) is 34.8 cm³/mol. The second-order valence-corrected chi connectivity index (χ2v) is 2.73. The average molecular weight is 178 g/mol. The number of hydrogen-bond donors (Lipinski definition) is 2. The van der Waals surface area contributed by atoms with Gasteiger partial charge in [0, 0.05) is 0 Å². The fourth-order valence-corrected chi connectivity index (χ4v) is 0. The van der Waals surface area contributed by atoms with Gasteiger partial charge in [-0.1, -0.05) is 0 Å². The van der Waals surface area contributed by atoms with Crippen molar-refractivity contribution in [2.45, 2.75) is 0 Å². The molecule has 0 aromatic rings. The van der Waals surface area contributed by atoms with Crippen molar-refractivity contribution in [1.29, 1.82) is 0 Å². The van der Waals surface area contributed by atoms with Crippen LogP contribution >= 0.6 is 11.7 Å². The van der Waals surface area contributed by atoms with Crippen LogP contribution in [0.4, 0.5) is 0 Å². The van der Waals surface area contributed by atoms with Crippen molar-refractivity contribution in [2.24, 2.45) is 0 Å². The summed E-state index contributed by atoms with van der Waals surface area (Å²) in [7, 11) is -3.97. The van der Waals surface area contributed by atoms with Gasteiger partial charge in [-0.25, -0.2) is 0 Å². The first-order chi connectivity index (χ1) is 2.00. The molecule has 1 N–H and O–H groups in total. The summed E-state index contributed by atoms with van der Waals surface area (Å²) in [4.78, 5) is 0. The van der Waals surface area contributed by atoms with E-state index in [1.165, 1.54) is 0 Å². The van der Waals surface area contributed by atoms with Gasteiger partial charge in [-0.15, -0.1) is 0 Å². The summed E-state index contributed by atoms with van der Waals surface area (Å²) in [5.74, 6) is 0. The van der Waals surface area contributed by atoms with E-state index < -0.39 is 9.15 Å². The Kier molecular flexibility index (Phi) is 16.5. The van der Waals surface area contributed by atoms with Gasteiger partial charge in [0.2, 0.25) is 0 Å². The number of rotatable bonds is 0. The Labute approximate surface area is 112 Å². The molecule has 0 bridgehead atoms. The minimum absolute atomic E-state index is 0. The van der Waals surface area contributed by atoms with E-state index in [1.807, 2.05) is 0 Å². The maximum absolute atomic E-state index is 9.05. The van der Waals surface area contributed by atoms with Gasteiger partial charge >= 0.3 is 90.1 Å². The van der Waals surface area contributed by atoms with Crippen LogP contribution in [0.25, 0.3) is 0 Å². The van der Waals surface area contributed by atoms with E-state index in [1.54, 1.807) is 0 Å². The van der Waals surface area contributed by atoms with Crippen molar-refractivity contribution in [2.75, 3.05) is 0 Å². The summed E-state index contributed by atoms with van der Waals surface area (Å²) in [6, 6.07) is 0. The van der Waals surface area contributed by atoms with Crippen molar-refractivity contribution in [3.63, 3.8) is 0 Å². The fourth-order valence-electron chi connectivity index (χ4n) is 0. The molecule has 0 aliphatic carbocycles. The SMILES string of the molecule is O=S(=O)(O)S.[KH].[NaH]. The van der Waals surface area contributed by atoms with E-state index in [4.69, 9.17) is 13.0 Å². The first kappa shape index (κ1) is 16.5. The van der Waals surface area contributed by atoms with Gasteiger partial charge in [-0.3, -0.25) is 4.55 Å². The molecule has 0 rings (SSSR count). The van der Waals surface area contributed by atoms with Gasteiger partial charge in [0.1, 0.15) is 0 Å². The van der Waals surface area contributed by atoms with Gasteiger partial charge in [-0.05, 0) is 11.7 Å². The third-order valence-corrected chi connectivity index (χ3v) is 0. The van der Waals surface area contributed by atoms with Crippen LogP contribution in [0.5, 0.6) is 0 Å². The topological polar surface area (TPSA) is 54.4 Å². The molecule has 0 fully saturated rings. The Hall–Kier alpha value is 2.90. The van der Waals surface area contributed by atoms with Crippen LogP contribution in [-0.4, -0.2) is 93.9 Å².